The number of hydrogen-bond acceptors (Lipinski definition) is 4. The van der Waals surface area contributed by atoms with E-state index >= 15 is 0 Å². The highest BCUT2D eigenvalue weighted by Gasteiger charge is 2.13. The number of aliphatic hydroxyl groups excluding tert-OH is 2. The van der Waals surface area contributed by atoms with Crippen molar-refractivity contribution in [3.63, 3.8) is 0 Å². The summed E-state index contributed by atoms with van der Waals surface area (Å²) in [4.78, 5) is 24.7. The van der Waals surface area contributed by atoms with E-state index in [2.05, 4.69) is 18.3 Å². The molecule has 0 aromatic heterocycles. The maximum Gasteiger partial charge on any atom is 0.244 e. The fourth-order valence-electron chi connectivity index (χ4n) is 2.93. The van der Waals surface area contributed by atoms with Gasteiger partial charge in [0.2, 0.25) is 5.91 Å². The summed E-state index contributed by atoms with van der Waals surface area (Å²) in [6, 6.07) is -0.279. The summed E-state index contributed by atoms with van der Waals surface area (Å²) >= 11 is 0. The molecule has 0 aliphatic carbocycles. The van der Waals surface area contributed by atoms with Crippen LogP contribution in [0.5, 0.6) is 0 Å². The Morgan fingerprint density at radius 3 is 2.44 bits per heavy atom. The number of aliphatic hydroxyl groups is 2. The molecule has 1 heterocycles. The van der Waals surface area contributed by atoms with Crippen LogP contribution in [0.1, 0.15) is 46.5 Å². The van der Waals surface area contributed by atoms with E-state index in [1.54, 1.807) is 55.5 Å². The van der Waals surface area contributed by atoms with E-state index in [0.29, 0.717) is 6.42 Å². The SMILES string of the molecule is CCCC=CCC1CC(=O)C=CC(C)/C=C/C=C\C(O)C(O)C=C(C)C=CC=CC(=O)N1. The Morgan fingerprint density at radius 2 is 1.69 bits per heavy atom. The van der Waals surface area contributed by atoms with Crippen LogP contribution in [0, 0.1) is 5.92 Å². The summed E-state index contributed by atoms with van der Waals surface area (Å²) < 4.78 is 0. The smallest absolute Gasteiger partial charge is 0.244 e. The molecule has 0 bridgehead atoms. The first-order valence-corrected chi connectivity index (χ1v) is 11.2. The third-order valence-corrected chi connectivity index (χ3v) is 4.76. The van der Waals surface area contributed by atoms with E-state index in [1.165, 1.54) is 12.2 Å². The van der Waals surface area contributed by atoms with Gasteiger partial charge in [-0.3, -0.25) is 9.59 Å². The third-order valence-electron chi connectivity index (χ3n) is 4.76. The average molecular weight is 440 g/mol. The zero-order chi connectivity index (χ0) is 23.8. The first-order chi connectivity index (χ1) is 15.3. The van der Waals surface area contributed by atoms with Crippen LogP contribution in [-0.2, 0) is 9.59 Å². The Labute approximate surface area is 192 Å². The maximum atomic E-state index is 12.4. The van der Waals surface area contributed by atoms with Crippen molar-refractivity contribution in [1.29, 1.82) is 0 Å². The van der Waals surface area contributed by atoms with E-state index < -0.39 is 12.2 Å². The summed E-state index contributed by atoms with van der Waals surface area (Å²) in [6.07, 6.45) is 23.0. The van der Waals surface area contributed by atoms with Gasteiger partial charge in [0.25, 0.3) is 0 Å². The number of nitrogens with one attached hydrogen (secondary N) is 1. The summed E-state index contributed by atoms with van der Waals surface area (Å²) in [5.41, 5.74) is 0.753. The van der Waals surface area contributed by atoms with Crippen molar-refractivity contribution in [2.75, 3.05) is 0 Å². The Hall–Kier alpha value is -2.76. The van der Waals surface area contributed by atoms with Crippen LogP contribution in [0.2, 0.25) is 0 Å². The molecule has 1 amide bonds. The van der Waals surface area contributed by atoms with E-state index in [1.807, 2.05) is 19.1 Å². The zero-order valence-electron chi connectivity index (χ0n) is 19.4. The average Bonchev–Trinajstić information content (AvgIpc) is 2.74. The van der Waals surface area contributed by atoms with Crippen LogP contribution >= 0.6 is 0 Å². The van der Waals surface area contributed by atoms with Gasteiger partial charge in [0.1, 0.15) is 12.2 Å². The first-order valence-electron chi connectivity index (χ1n) is 11.2. The molecule has 5 nitrogen and oxygen atoms in total. The first kappa shape index (κ1) is 27.3. The highest BCUT2D eigenvalue weighted by Crippen LogP contribution is 2.08. The second-order valence-corrected chi connectivity index (χ2v) is 7.97. The van der Waals surface area contributed by atoms with Crippen molar-refractivity contribution in [2.45, 2.75) is 64.7 Å². The lowest BCUT2D eigenvalue weighted by molar-refractivity contribution is -0.118. The van der Waals surface area contributed by atoms with Crippen LogP contribution in [0.15, 0.2) is 84.6 Å². The Bertz CT molecular complexity index is 798. The van der Waals surface area contributed by atoms with Crippen LogP contribution in [0.25, 0.3) is 0 Å². The third kappa shape index (κ3) is 12.8. The largest absolute Gasteiger partial charge is 0.386 e. The molecule has 1 rings (SSSR count). The van der Waals surface area contributed by atoms with Gasteiger partial charge in [-0.25, -0.2) is 0 Å². The van der Waals surface area contributed by atoms with Gasteiger partial charge in [-0.15, -0.1) is 0 Å². The monoisotopic (exact) mass is 439 g/mol. The van der Waals surface area contributed by atoms with Gasteiger partial charge in [-0.2, -0.15) is 0 Å². The van der Waals surface area contributed by atoms with Crippen molar-refractivity contribution in [3.05, 3.63) is 84.6 Å². The minimum absolute atomic E-state index is 0.0176. The molecule has 0 saturated carbocycles. The summed E-state index contributed by atoms with van der Waals surface area (Å²) in [7, 11) is 0. The van der Waals surface area contributed by atoms with Gasteiger partial charge in [-0.05, 0) is 31.8 Å². The lowest BCUT2D eigenvalue weighted by Gasteiger charge is -2.14. The topological polar surface area (TPSA) is 86.6 Å². The second-order valence-electron chi connectivity index (χ2n) is 7.97. The van der Waals surface area contributed by atoms with E-state index in [-0.39, 0.29) is 30.1 Å². The molecule has 4 atom stereocenters. The van der Waals surface area contributed by atoms with Gasteiger partial charge < -0.3 is 15.5 Å². The summed E-state index contributed by atoms with van der Waals surface area (Å²) in [5, 5.41) is 23.0. The minimum Gasteiger partial charge on any atom is -0.386 e. The molecular formula is C27H37NO4. The van der Waals surface area contributed by atoms with Crippen molar-refractivity contribution in [1.82, 2.24) is 5.32 Å². The lowest BCUT2D eigenvalue weighted by Crippen LogP contribution is -2.34. The predicted molar refractivity (Wildman–Crippen MR) is 131 cm³/mol. The Kier molecular flexibility index (Phi) is 13.6. The number of ketones is 1. The maximum absolute atomic E-state index is 12.4. The number of allylic oxidation sites excluding steroid dienone is 10. The van der Waals surface area contributed by atoms with Crippen molar-refractivity contribution < 1.29 is 19.8 Å². The fourth-order valence-corrected chi connectivity index (χ4v) is 2.93. The Balaban J connectivity index is 3.04. The quantitative estimate of drug-likeness (QED) is 0.571. The number of carbonyl (C=O) groups excluding carboxylic acids is 2. The number of unbranched alkanes of at least 4 members (excludes halogenated alkanes) is 1. The Morgan fingerprint density at radius 1 is 0.969 bits per heavy atom. The van der Waals surface area contributed by atoms with Crippen molar-refractivity contribution >= 4 is 11.7 Å². The molecule has 5 heteroatoms. The molecule has 0 aromatic carbocycles. The van der Waals surface area contributed by atoms with E-state index in [0.717, 1.165) is 18.4 Å². The summed E-state index contributed by atoms with van der Waals surface area (Å²) in [6.45, 7) is 5.85. The van der Waals surface area contributed by atoms with Crippen molar-refractivity contribution in [3.8, 4) is 0 Å². The lowest BCUT2D eigenvalue weighted by atomic mass is 10.0. The second kappa shape index (κ2) is 16.0. The number of amides is 1. The standard InChI is InChI=1S/C27H37NO4/c1-4-5-6-7-14-23-20-24(29)18-17-21(2)12-8-10-15-25(30)26(31)19-22(3)13-9-11-16-27(32)28-23/h6-13,15-19,21,23,25-26,30-31H,4-5,14,20H2,1-3H3,(H,28,32)/b7-6?,12-8+,13-9?,15-10-,16-11?,18-17?,22-19?. The van der Waals surface area contributed by atoms with Gasteiger partial charge in [0, 0.05) is 18.5 Å². The van der Waals surface area contributed by atoms with Gasteiger partial charge in [0.05, 0.1) is 0 Å². The number of rotatable bonds is 4. The van der Waals surface area contributed by atoms with Gasteiger partial charge in [0.15, 0.2) is 5.78 Å². The molecule has 1 aliphatic heterocycles. The van der Waals surface area contributed by atoms with Gasteiger partial charge in [-0.1, -0.05) is 92.7 Å². The number of hydrogen-bond donors (Lipinski definition) is 3. The van der Waals surface area contributed by atoms with E-state index in [9.17, 15) is 19.8 Å². The van der Waals surface area contributed by atoms with Crippen LogP contribution in [0.3, 0.4) is 0 Å². The van der Waals surface area contributed by atoms with E-state index in [4.69, 9.17) is 0 Å². The molecule has 0 saturated heterocycles. The molecule has 32 heavy (non-hydrogen) atoms. The van der Waals surface area contributed by atoms with Gasteiger partial charge >= 0.3 is 0 Å². The highest BCUT2D eigenvalue weighted by atomic mass is 16.3. The predicted octanol–water partition coefficient (Wildman–Crippen LogP) is 4.28. The van der Waals surface area contributed by atoms with Crippen LogP contribution in [-0.4, -0.2) is 40.2 Å². The molecule has 0 aromatic rings. The molecule has 0 spiro atoms. The van der Waals surface area contributed by atoms with Crippen LogP contribution < -0.4 is 5.32 Å². The molecule has 0 fully saturated rings. The molecule has 1 aliphatic rings. The zero-order valence-corrected chi connectivity index (χ0v) is 19.4. The van der Waals surface area contributed by atoms with Crippen molar-refractivity contribution in [2.24, 2.45) is 5.92 Å². The summed E-state index contributed by atoms with van der Waals surface area (Å²) in [5.74, 6) is -0.301. The number of carbonyl (C=O) groups is 2. The van der Waals surface area contributed by atoms with Crippen LogP contribution in [0.4, 0.5) is 0 Å². The molecular weight excluding hydrogens is 402 g/mol. The molecule has 4 unspecified atom stereocenters. The molecule has 174 valence electrons. The highest BCUT2D eigenvalue weighted by molar-refractivity contribution is 5.92. The normalized spacial score (nSPS) is 28.3. The fraction of sp³-hybridized carbons (Fsp3) is 0.407. The molecule has 3 N–H and O–H groups in total. The molecule has 0 radical (unpaired) electrons. The minimum atomic E-state index is -1.04.